The molecule has 3 heteroatoms. The summed E-state index contributed by atoms with van der Waals surface area (Å²) >= 11 is 0. The molecule has 2 fully saturated rings. The summed E-state index contributed by atoms with van der Waals surface area (Å²) in [7, 11) is 2.28. The summed E-state index contributed by atoms with van der Waals surface area (Å²) in [6.07, 6.45) is 4.75. The average molecular weight is 254 g/mol. The van der Waals surface area contributed by atoms with Gasteiger partial charge in [0.15, 0.2) is 0 Å². The van der Waals surface area contributed by atoms with Crippen LogP contribution in [0.25, 0.3) is 0 Å². The van der Waals surface area contributed by atoms with Crippen LogP contribution in [0, 0.1) is 5.92 Å². The number of piperidine rings is 2. The molecule has 0 bridgehead atoms. The summed E-state index contributed by atoms with van der Waals surface area (Å²) < 4.78 is 0. The molecular formula is C15H30N2O. The summed E-state index contributed by atoms with van der Waals surface area (Å²) in [6, 6.07) is 0.783. The molecule has 0 aromatic carbocycles. The maximum absolute atomic E-state index is 10.1. The van der Waals surface area contributed by atoms with Crippen LogP contribution in [-0.4, -0.2) is 59.3 Å². The molecule has 2 rings (SSSR count). The Kier molecular flexibility index (Phi) is 4.35. The summed E-state index contributed by atoms with van der Waals surface area (Å²) in [5, 5.41) is 10.1. The molecule has 0 saturated carbocycles. The molecule has 0 aliphatic carbocycles. The summed E-state index contributed by atoms with van der Waals surface area (Å²) in [5.41, 5.74) is -0.0407. The molecule has 2 saturated heterocycles. The number of aliphatic hydroxyl groups excluding tert-OH is 1. The standard InChI is InChI=1S/C15H30N2O/c1-5-15(3,12(2)18)17-10-8-14-13(11-17)7-6-9-16(14)4/h12-14,18H,5-11H2,1-4H3. The van der Waals surface area contributed by atoms with Crippen LogP contribution < -0.4 is 0 Å². The first-order valence-electron chi connectivity index (χ1n) is 7.62. The van der Waals surface area contributed by atoms with E-state index < -0.39 is 0 Å². The lowest BCUT2D eigenvalue weighted by Gasteiger charge is -2.52. The van der Waals surface area contributed by atoms with Crippen molar-refractivity contribution < 1.29 is 5.11 Å². The topological polar surface area (TPSA) is 26.7 Å². The Balaban J connectivity index is 2.06. The molecule has 3 nitrogen and oxygen atoms in total. The van der Waals surface area contributed by atoms with Gasteiger partial charge in [-0.3, -0.25) is 4.90 Å². The maximum atomic E-state index is 10.1. The van der Waals surface area contributed by atoms with Gasteiger partial charge in [-0.15, -0.1) is 0 Å². The molecule has 0 spiro atoms. The second kappa shape index (κ2) is 5.48. The Bertz CT molecular complexity index is 282. The minimum absolute atomic E-state index is 0.0407. The van der Waals surface area contributed by atoms with E-state index in [0.29, 0.717) is 0 Å². The molecule has 18 heavy (non-hydrogen) atoms. The maximum Gasteiger partial charge on any atom is 0.0692 e. The van der Waals surface area contributed by atoms with Crippen LogP contribution in [0.1, 0.15) is 46.5 Å². The van der Waals surface area contributed by atoms with Gasteiger partial charge in [-0.05, 0) is 59.0 Å². The molecule has 4 atom stereocenters. The van der Waals surface area contributed by atoms with Crippen molar-refractivity contribution in [2.45, 2.75) is 64.1 Å². The minimum atomic E-state index is -0.250. The van der Waals surface area contributed by atoms with Gasteiger partial charge in [0, 0.05) is 24.7 Å². The third-order valence-electron chi connectivity index (χ3n) is 5.68. The summed E-state index contributed by atoms with van der Waals surface area (Å²) in [4.78, 5) is 5.11. The number of aliphatic hydroxyl groups is 1. The summed E-state index contributed by atoms with van der Waals surface area (Å²) in [5.74, 6) is 0.808. The zero-order chi connectivity index (χ0) is 13.3. The first kappa shape index (κ1) is 14.3. The van der Waals surface area contributed by atoms with Gasteiger partial charge in [-0.25, -0.2) is 0 Å². The molecule has 2 aliphatic heterocycles. The van der Waals surface area contributed by atoms with Crippen LogP contribution in [0.5, 0.6) is 0 Å². The highest BCUT2D eigenvalue weighted by atomic mass is 16.3. The fraction of sp³-hybridized carbons (Fsp3) is 1.00. The van der Waals surface area contributed by atoms with E-state index in [1.165, 1.54) is 32.4 Å². The van der Waals surface area contributed by atoms with Crippen LogP contribution in [0.3, 0.4) is 0 Å². The van der Waals surface area contributed by atoms with E-state index in [2.05, 4.69) is 30.7 Å². The number of likely N-dealkylation sites (tertiary alicyclic amines) is 2. The lowest BCUT2D eigenvalue weighted by Crippen LogP contribution is -2.61. The van der Waals surface area contributed by atoms with Crippen LogP contribution in [-0.2, 0) is 0 Å². The van der Waals surface area contributed by atoms with Gasteiger partial charge >= 0.3 is 0 Å². The number of fused-ring (bicyclic) bond motifs is 1. The van der Waals surface area contributed by atoms with E-state index in [9.17, 15) is 5.11 Å². The van der Waals surface area contributed by atoms with Gasteiger partial charge in [0.05, 0.1) is 6.10 Å². The smallest absolute Gasteiger partial charge is 0.0692 e. The quantitative estimate of drug-likeness (QED) is 0.834. The van der Waals surface area contributed by atoms with Crippen LogP contribution in [0.2, 0.25) is 0 Å². The molecule has 4 unspecified atom stereocenters. The Hall–Kier alpha value is -0.120. The normalized spacial score (nSPS) is 35.8. The first-order valence-corrected chi connectivity index (χ1v) is 7.62. The first-order chi connectivity index (χ1) is 8.49. The highest BCUT2D eigenvalue weighted by Crippen LogP contribution is 2.34. The Labute approximate surface area is 112 Å². The summed E-state index contributed by atoms with van der Waals surface area (Å²) in [6.45, 7) is 9.95. The van der Waals surface area contributed by atoms with Crippen LogP contribution in [0.4, 0.5) is 0 Å². The Morgan fingerprint density at radius 1 is 1.33 bits per heavy atom. The van der Waals surface area contributed by atoms with E-state index in [1.54, 1.807) is 0 Å². The van der Waals surface area contributed by atoms with E-state index in [1.807, 2.05) is 6.92 Å². The molecule has 2 aliphatic rings. The highest BCUT2D eigenvalue weighted by molar-refractivity contribution is 4.97. The molecule has 0 radical (unpaired) electrons. The van der Waals surface area contributed by atoms with Crippen molar-refractivity contribution in [3.05, 3.63) is 0 Å². The van der Waals surface area contributed by atoms with E-state index in [-0.39, 0.29) is 11.6 Å². The Morgan fingerprint density at radius 3 is 2.67 bits per heavy atom. The van der Waals surface area contributed by atoms with Crippen molar-refractivity contribution in [2.24, 2.45) is 5.92 Å². The lowest BCUT2D eigenvalue weighted by atomic mass is 9.80. The van der Waals surface area contributed by atoms with Gasteiger partial charge in [0.1, 0.15) is 0 Å². The molecule has 1 N–H and O–H groups in total. The SMILES string of the molecule is CCC(C)(C(C)O)N1CCC2C(CCCN2C)C1. The Morgan fingerprint density at radius 2 is 2.06 bits per heavy atom. The van der Waals surface area contributed by atoms with Crippen molar-refractivity contribution in [1.29, 1.82) is 0 Å². The van der Waals surface area contributed by atoms with Crippen LogP contribution in [0.15, 0.2) is 0 Å². The second-order valence-electron chi connectivity index (χ2n) is 6.57. The van der Waals surface area contributed by atoms with Gasteiger partial charge in [-0.1, -0.05) is 6.92 Å². The van der Waals surface area contributed by atoms with E-state index in [0.717, 1.165) is 24.9 Å². The van der Waals surface area contributed by atoms with Gasteiger partial charge in [-0.2, -0.15) is 0 Å². The molecule has 106 valence electrons. The van der Waals surface area contributed by atoms with Crippen molar-refractivity contribution in [1.82, 2.24) is 9.80 Å². The van der Waals surface area contributed by atoms with E-state index in [4.69, 9.17) is 0 Å². The zero-order valence-electron chi connectivity index (χ0n) is 12.5. The largest absolute Gasteiger partial charge is 0.391 e. The second-order valence-corrected chi connectivity index (χ2v) is 6.57. The van der Waals surface area contributed by atoms with Crippen molar-refractivity contribution in [2.75, 3.05) is 26.7 Å². The third-order valence-corrected chi connectivity index (χ3v) is 5.68. The van der Waals surface area contributed by atoms with Crippen LogP contribution >= 0.6 is 0 Å². The fourth-order valence-electron chi connectivity index (χ4n) is 3.90. The average Bonchev–Trinajstić information content (AvgIpc) is 2.37. The fourth-order valence-corrected chi connectivity index (χ4v) is 3.90. The van der Waals surface area contributed by atoms with E-state index >= 15 is 0 Å². The number of hydrogen-bond acceptors (Lipinski definition) is 3. The lowest BCUT2D eigenvalue weighted by molar-refractivity contribution is -0.0616. The number of hydrogen-bond donors (Lipinski definition) is 1. The molecule has 0 aromatic rings. The van der Waals surface area contributed by atoms with Crippen molar-refractivity contribution in [3.63, 3.8) is 0 Å². The minimum Gasteiger partial charge on any atom is -0.391 e. The molecule has 0 aromatic heterocycles. The highest BCUT2D eigenvalue weighted by Gasteiger charge is 2.42. The van der Waals surface area contributed by atoms with Gasteiger partial charge < -0.3 is 10.0 Å². The van der Waals surface area contributed by atoms with Crippen molar-refractivity contribution in [3.8, 4) is 0 Å². The molecule has 2 heterocycles. The van der Waals surface area contributed by atoms with Gasteiger partial charge in [0.2, 0.25) is 0 Å². The van der Waals surface area contributed by atoms with Gasteiger partial charge in [0.25, 0.3) is 0 Å². The monoisotopic (exact) mass is 254 g/mol. The molecule has 0 amide bonds. The van der Waals surface area contributed by atoms with Crippen molar-refractivity contribution >= 4 is 0 Å². The third kappa shape index (κ3) is 2.45. The number of rotatable bonds is 3. The molecular weight excluding hydrogens is 224 g/mol. The predicted octanol–water partition coefficient (Wildman–Crippen LogP) is 1.95. The number of nitrogens with zero attached hydrogens (tertiary/aromatic N) is 2. The zero-order valence-corrected chi connectivity index (χ0v) is 12.5. The predicted molar refractivity (Wildman–Crippen MR) is 75.7 cm³/mol.